The van der Waals surface area contributed by atoms with Crippen molar-refractivity contribution in [2.45, 2.75) is 77.2 Å². The number of carbonyl (C=O) groups is 1. The van der Waals surface area contributed by atoms with E-state index in [2.05, 4.69) is 13.0 Å². The van der Waals surface area contributed by atoms with Gasteiger partial charge in [-0.3, -0.25) is 0 Å². The van der Waals surface area contributed by atoms with E-state index in [1.165, 1.54) is 5.56 Å². The van der Waals surface area contributed by atoms with Crippen LogP contribution in [0, 0.1) is 11.3 Å². The van der Waals surface area contributed by atoms with Crippen molar-refractivity contribution in [2.75, 3.05) is 6.61 Å². The Bertz CT molecular complexity index is 863. The summed E-state index contributed by atoms with van der Waals surface area (Å²) in [5, 5.41) is 10.9. The van der Waals surface area contributed by atoms with Gasteiger partial charge >= 0.3 is 5.97 Å². The van der Waals surface area contributed by atoms with Gasteiger partial charge in [0.05, 0.1) is 6.61 Å². The van der Waals surface area contributed by atoms with Gasteiger partial charge in [0, 0.05) is 23.8 Å². The lowest BCUT2D eigenvalue weighted by Crippen LogP contribution is -2.44. The molecule has 0 radical (unpaired) electrons. The molecule has 0 saturated heterocycles. The van der Waals surface area contributed by atoms with Crippen molar-refractivity contribution in [1.29, 1.82) is 5.26 Å². The van der Waals surface area contributed by atoms with Crippen molar-refractivity contribution in [3.63, 3.8) is 0 Å². The maximum Gasteiger partial charge on any atom is 0.365 e. The van der Waals surface area contributed by atoms with Gasteiger partial charge in [0.15, 0.2) is 0 Å². The van der Waals surface area contributed by atoms with E-state index in [-0.39, 0.29) is 6.61 Å². The van der Waals surface area contributed by atoms with Gasteiger partial charge in [-0.05, 0) is 50.8 Å². The normalized spacial score (nSPS) is 15.5. The average molecular weight is 383 g/mol. The molecule has 0 amide bonds. The number of ether oxygens (including phenoxy) is 2. The Morgan fingerprint density at radius 3 is 2.79 bits per heavy atom. The second kappa shape index (κ2) is 9.14. The Kier molecular flexibility index (Phi) is 6.61. The number of aryl methyl sites for hydroxylation is 2. The largest absolute Gasteiger partial charge is 0.462 e. The van der Waals surface area contributed by atoms with Crippen LogP contribution in [0.4, 0.5) is 0 Å². The Hall–Kier alpha value is -2.48. The predicted octanol–water partition coefficient (Wildman–Crippen LogP) is 5.49. The number of carbonyl (C=O) groups excluding carboxylic acids is 1. The Morgan fingerprint density at radius 1 is 1.21 bits per heavy atom. The van der Waals surface area contributed by atoms with E-state index in [9.17, 15) is 10.1 Å². The second-order valence-electron chi connectivity index (χ2n) is 7.44. The molecule has 1 aromatic carbocycles. The molecular weight excluding hydrogens is 354 g/mol. The average Bonchev–Trinajstić information content (AvgIpc) is 3.08. The smallest absolute Gasteiger partial charge is 0.365 e. The molecule has 1 heterocycles. The lowest BCUT2D eigenvalue weighted by molar-refractivity contribution is -0.157. The first-order valence-electron chi connectivity index (χ1n) is 10.4. The highest BCUT2D eigenvalue weighted by molar-refractivity contribution is 5.86. The van der Waals surface area contributed by atoms with Gasteiger partial charge in [-0.2, -0.15) is 5.26 Å². The van der Waals surface area contributed by atoms with Crippen LogP contribution in [0.3, 0.4) is 0 Å². The SMILES string of the molecule is CCCCCCC(C#N)(Oc1ccc2oc3c(c2c1)CCCC3)C(=O)OCC. The molecule has 150 valence electrons. The first kappa shape index (κ1) is 20.3. The van der Waals surface area contributed by atoms with Crippen LogP contribution in [-0.2, 0) is 22.4 Å². The van der Waals surface area contributed by atoms with Crippen molar-refractivity contribution in [2.24, 2.45) is 0 Å². The van der Waals surface area contributed by atoms with E-state index in [1.54, 1.807) is 13.0 Å². The van der Waals surface area contributed by atoms with Gasteiger partial charge in [0.25, 0.3) is 5.60 Å². The zero-order valence-corrected chi connectivity index (χ0v) is 16.9. The van der Waals surface area contributed by atoms with Gasteiger partial charge in [-0.25, -0.2) is 4.79 Å². The zero-order valence-electron chi connectivity index (χ0n) is 16.9. The van der Waals surface area contributed by atoms with E-state index in [4.69, 9.17) is 13.9 Å². The Balaban J connectivity index is 1.88. The number of hydrogen-bond donors (Lipinski definition) is 0. The van der Waals surface area contributed by atoms with Crippen LogP contribution in [0.2, 0.25) is 0 Å². The van der Waals surface area contributed by atoms with Crippen molar-refractivity contribution >= 4 is 16.9 Å². The first-order chi connectivity index (χ1) is 13.6. The summed E-state index contributed by atoms with van der Waals surface area (Å²) in [7, 11) is 0. The number of hydrogen-bond acceptors (Lipinski definition) is 5. The minimum Gasteiger partial charge on any atom is -0.462 e. The molecule has 5 heteroatoms. The molecule has 0 fully saturated rings. The van der Waals surface area contributed by atoms with E-state index < -0.39 is 11.6 Å². The van der Waals surface area contributed by atoms with Crippen molar-refractivity contribution < 1.29 is 18.7 Å². The highest BCUT2D eigenvalue weighted by Gasteiger charge is 2.43. The highest BCUT2D eigenvalue weighted by atomic mass is 16.6. The third-order valence-electron chi connectivity index (χ3n) is 5.39. The lowest BCUT2D eigenvalue weighted by atomic mass is 9.95. The lowest BCUT2D eigenvalue weighted by Gasteiger charge is -2.25. The number of nitriles is 1. The van der Waals surface area contributed by atoms with Crippen molar-refractivity contribution in [1.82, 2.24) is 0 Å². The summed E-state index contributed by atoms with van der Waals surface area (Å²) in [6.45, 7) is 4.08. The summed E-state index contributed by atoms with van der Waals surface area (Å²) in [5.74, 6) is 0.949. The number of esters is 1. The maximum atomic E-state index is 12.6. The maximum absolute atomic E-state index is 12.6. The summed E-state index contributed by atoms with van der Waals surface area (Å²) in [5.41, 5.74) is 0.454. The number of rotatable bonds is 9. The topological polar surface area (TPSA) is 72.5 Å². The summed E-state index contributed by atoms with van der Waals surface area (Å²) in [4.78, 5) is 12.6. The molecule has 5 nitrogen and oxygen atoms in total. The summed E-state index contributed by atoms with van der Waals surface area (Å²) in [6.07, 6.45) is 8.42. The molecule has 1 atom stereocenters. The van der Waals surface area contributed by atoms with E-state index in [0.29, 0.717) is 12.2 Å². The highest BCUT2D eigenvalue weighted by Crippen LogP contribution is 2.35. The zero-order chi connectivity index (χ0) is 20.0. The number of unbranched alkanes of at least 4 members (excludes halogenated alkanes) is 3. The molecule has 1 aliphatic carbocycles. The molecule has 0 saturated carbocycles. The number of furan rings is 1. The molecular formula is C23H29NO4. The molecule has 1 unspecified atom stereocenters. The van der Waals surface area contributed by atoms with E-state index in [0.717, 1.165) is 68.1 Å². The molecule has 28 heavy (non-hydrogen) atoms. The fourth-order valence-electron chi connectivity index (χ4n) is 3.87. The summed E-state index contributed by atoms with van der Waals surface area (Å²) >= 11 is 0. The molecule has 1 aliphatic rings. The molecule has 0 aliphatic heterocycles. The minimum absolute atomic E-state index is 0.217. The molecule has 0 bridgehead atoms. The standard InChI is InChI=1S/C23H29NO4/c1-3-5-6-9-14-23(16-24,22(25)26-4-2)28-17-12-13-21-19(15-17)18-10-7-8-11-20(18)27-21/h12-13,15H,3-11,14H2,1-2H3. The van der Waals surface area contributed by atoms with E-state index in [1.807, 2.05) is 12.1 Å². The molecule has 2 aromatic rings. The van der Waals surface area contributed by atoms with Crippen LogP contribution in [0.1, 0.15) is 70.1 Å². The monoisotopic (exact) mass is 383 g/mol. The molecule has 1 aromatic heterocycles. The first-order valence-corrected chi connectivity index (χ1v) is 10.4. The summed E-state index contributed by atoms with van der Waals surface area (Å²) < 4.78 is 17.2. The summed E-state index contributed by atoms with van der Waals surface area (Å²) in [6, 6.07) is 7.65. The minimum atomic E-state index is -1.61. The van der Waals surface area contributed by atoms with Crippen molar-refractivity contribution in [3.05, 3.63) is 29.5 Å². The van der Waals surface area contributed by atoms with Gasteiger partial charge in [0.2, 0.25) is 0 Å². The third kappa shape index (κ3) is 4.16. The third-order valence-corrected chi connectivity index (χ3v) is 5.39. The van der Waals surface area contributed by atoms with Crippen LogP contribution in [0.15, 0.2) is 22.6 Å². The number of nitrogens with zero attached hydrogens (tertiary/aromatic N) is 1. The number of benzene rings is 1. The molecule has 3 rings (SSSR count). The molecule has 0 spiro atoms. The fourth-order valence-corrected chi connectivity index (χ4v) is 3.87. The van der Waals surface area contributed by atoms with Gasteiger partial charge in [-0.1, -0.05) is 26.2 Å². The second-order valence-corrected chi connectivity index (χ2v) is 7.44. The van der Waals surface area contributed by atoms with Crippen LogP contribution in [0.5, 0.6) is 5.75 Å². The quantitative estimate of drug-likeness (QED) is 0.423. The van der Waals surface area contributed by atoms with Crippen LogP contribution >= 0.6 is 0 Å². The number of fused-ring (bicyclic) bond motifs is 3. The van der Waals surface area contributed by atoms with Crippen LogP contribution in [0.25, 0.3) is 11.0 Å². The fraction of sp³-hybridized carbons (Fsp3) is 0.565. The van der Waals surface area contributed by atoms with Gasteiger partial charge < -0.3 is 13.9 Å². The van der Waals surface area contributed by atoms with Crippen LogP contribution in [-0.4, -0.2) is 18.2 Å². The Labute approximate surface area is 166 Å². The van der Waals surface area contributed by atoms with Gasteiger partial charge in [-0.15, -0.1) is 0 Å². The molecule has 0 N–H and O–H groups in total. The van der Waals surface area contributed by atoms with Crippen LogP contribution < -0.4 is 4.74 Å². The Morgan fingerprint density at radius 2 is 2.04 bits per heavy atom. The van der Waals surface area contributed by atoms with Crippen molar-refractivity contribution in [3.8, 4) is 11.8 Å². The van der Waals surface area contributed by atoms with Gasteiger partial charge in [0.1, 0.15) is 23.2 Å². The van der Waals surface area contributed by atoms with E-state index >= 15 is 0 Å². The predicted molar refractivity (Wildman–Crippen MR) is 107 cm³/mol.